The number of rotatable bonds is 8. The Bertz CT molecular complexity index is 984. The molecule has 1 heterocycles. The minimum absolute atomic E-state index is 0.107. The molecule has 0 aliphatic carbocycles. The molecule has 0 radical (unpaired) electrons. The number of likely N-dealkylation sites (N-methyl/N-ethyl adjacent to an activating group) is 1. The van der Waals surface area contributed by atoms with Crippen molar-refractivity contribution in [1.29, 1.82) is 0 Å². The van der Waals surface area contributed by atoms with Crippen LogP contribution in [0.4, 0.5) is 17.1 Å². The van der Waals surface area contributed by atoms with Gasteiger partial charge in [-0.3, -0.25) is 14.9 Å². The molecule has 1 fully saturated rings. The first-order valence-electron chi connectivity index (χ1n) is 10.5. The predicted molar refractivity (Wildman–Crippen MR) is 122 cm³/mol. The molecule has 9 nitrogen and oxygen atoms in total. The third-order valence-corrected chi connectivity index (χ3v) is 5.48. The molecule has 1 amide bonds. The van der Waals surface area contributed by atoms with E-state index in [1.807, 2.05) is 48.2 Å². The molecule has 9 heteroatoms. The summed E-state index contributed by atoms with van der Waals surface area (Å²) in [6.07, 6.45) is 1.98. The second kappa shape index (κ2) is 10.1. The number of carbonyl (C=O) groups excluding carboxylic acids is 2. The largest absolute Gasteiger partial charge is 0.452 e. The summed E-state index contributed by atoms with van der Waals surface area (Å²) in [7, 11) is 5.55. The van der Waals surface area contributed by atoms with Crippen LogP contribution in [0, 0.1) is 10.1 Å². The number of hydrogen-bond donors (Lipinski definition) is 0. The fraction of sp³-hybridized carbons (Fsp3) is 0.391. The van der Waals surface area contributed by atoms with Gasteiger partial charge in [0.1, 0.15) is 0 Å². The molecule has 3 rings (SSSR count). The van der Waals surface area contributed by atoms with Crippen LogP contribution in [-0.2, 0) is 16.1 Å². The van der Waals surface area contributed by atoms with Crippen LogP contribution >= 0.6 is 0 Å². The second-order valence-electron chi connectivity index (χ2n) is 8.04. The van der Waals surface area contributed by atoms with E-state index in [2.05, 4.69) is 0 Å². The second-order valence-corrected chi connectivity index (χ2v) is 8.04. The van der Waals surface area contributed by atoms with Crippen molar-refractivity contribution in [2.24, 2.45) is 0 Å². The van der Waals surface area contributed by atoms with Crippen molar-refractivity contribution in [2.75, 3.05) is 50.6 Å². The lowest BCUT2D eigenvalue weighted by molar-refractivity contribution is -0.384. The minimum atomic E-state index is -0.743. The highest BCUT2D eigenvalue weighted by atomic mass is 16.6. The highest BCUT2D eigenvalue weighted by Crippen LogP contribution is 2.29. The monoisotopic (exact) mass is 440 g/mol. The third kappa shape index (κ3) is 5.54. The van der Waals surface area contributed by atoms with Gasteiger partial charge in [-0.2, -0.15) is 0 Å². The van der Waals surface area contributed by atoms with Gasteiger partial charge >= 0.3 is 5.97 Å². The summed E-state index contributed by atoms with van der Waals surface area (Å²) in [5, 5.41) is 11.2. The number of nitrogens with zero attached hydrogens (tertiary/aromatic N) is 4. The maximum Gasteiger partial charge on any atom is 0.341 e. The molecule has 0 saturated carbocycles. The molecule has 2 aromatic carbocycles. The number of amides is 1. The van der Waals surface area contributed by atoms with Gasteiger partial charge in [0.2, 0.25) is 0 Å². The normalized spacial score (nSPS) is 13.0. The molecule has 170 valence electrons. The van der Waals surface area contributed by atoms with Gasteiger partial charge in [-0.15, -0.1) is 0 Å². The number of esters is 1. The highest BCUT2D eigenvalue weighted by Gasteiger charge is 2.24. The Morgan fingerprint density at radius 1 is 1.06 bits per heavy atom. The third-order valence-electron chi connectivity index (χ3n) is 5.48. The van der Waals surface area contributed by atoms with Crippen LogP contribution in [0.1, 0.15) is 28.8 Å². The van der Waals surface area contributed by atoms with Crippen molar-refractivity contribution < 1.29 is 19.2 Å². The van der Waals surface area contributed by atoms with Gasteiger partial charge in [-0.1, -0.05) is 12.1 Å². The first-order chi connectivity index (χ1) is 15.3. The average molecular weight is 441 g/mol. The number of nitro benzene ring substituents is 1. The molecule has 2 aromatic rings. The van der Waals surface area contributed by atoms with Crippen molar-refractivity contribution in [2.45, 2.75) is 19.4 Å². The van der Waals surface area contributed by atoms with Crippen LogP contribution in [-0.4, -0.2) is 62.5 Å². The summed E-state index contributed by atoms with van der Waals surface area (Å²) in [4.78, 5) is 41.3. The number of nitro groups is 1. The van der Waals surface area contributed by atoms with Crippen molar-refractivity contribution in [3.05, 3.63) is 63.7 Å². The Balaban J connectivity index is 1.64. The summed E-state index contributed by atoms with van der Waals surface area (Å²) in [6.45, 7) is 1.48. The maximum absolute atomic E-state index is 12.7. The van der Waals surface area contributed by atoms with E-state index in [4.69, 9.17) is 4.74 Å². The summed E-state index contributed by atoms with van der Waals surface area (Å²) in [5.74, 6) is -1.10. The summed E-state index contributed by atoms with van der Waals surface area (Å²) in [6, 6.07) is 12.0. The minimum Gasteiger partial charge on any atom is -0.452 e. The van der Waals surface area contributed by atoms with Gasteiger partial charge < -0.3 is 19.4 Å². The fourth-order valence-corrected chi connectivity index (χ4v) is 3.61. The van der Waals surface area contributed by atoms with E-state index in [1.54, 1.807) is 13.1 Å². The number of carbonyl (C=O) groups is 2. The molecule has 0 unspecified atom stereocenters. The standard InChI is InChI=1S/C23H28N4O5/c1-24(2)18-8-6-17(7-9-18)15-25(3)22(28)16-32-23(29)20-14-19(27(30)31)10-11-21(20)26-12-4-5-13-26/h6-11,14H,4-5,12-13,15-16H2,1-3H3. The fourth-order valence-electron chi connectivity index (χ4n) is 3.61. The van der Waals surface area contributed by atoms with Crippen LogP contribution < -0.4 is 9.80 Å². The average Bonchev–Trinajstić information content (AvgIpc) is 3.31. The van der Waals surface area contributed by atoms with E-state index in [0.29, 0.717) is 12.2 Å². The quantitative estimate of drug-likeness (QED) is 0.354. The van der Waals surface area contributed by atoms with Crippen LogP contribution in [0.3, 0.4) is 0 Å². The lowest BCUT2D eigenvalue weighted by Gasteiger charge is -2.21. The molecule has 1 aliphatic heterocycles. The van der Waals surface area contributed by atoms with Crippen LogP contribution in [0.5, 0.6) is 0 Å². The van der Waals surface area contributed by atoms with Crippen molar-refractivity contribution >= 4 is 28.9 Å². The van der Waals surface area contributed by atoms with Crippen molar-refractivity contribution in [3.8, 4) is 0 Å². The Morgan fingerprint density at radius 2 is 1.72 bits per heavy atom. The molecule has 0 atom stereocenters. The molecule has 0 bridgehead atoms. The zero-order valence-corrected chi connectivity index (χ0v) is 18.6. The molecule has 1 saturated heterocycles. The van der Waals surface area contributed by atoms with E-state index in [-0.39, 0.29) is 17.2 Å². The molecule has 0 spiro atoms. The molecular weight excluding hydrogens is 412 g/mol. The van der Waals surface area contributed by atoms with E-state index < -0.39 is 17.5 Å². The Kier molecular flexibility index (Phi) is 7.29. The van der Waals surface area contributed by atoms with E-state index in [1.165, 1.54) is 17.0 Å². The van der Waals surface area contributed by atoms with Gasteiger partial charge in [0.05, 0.1) is 16.2 Å². The Hall–Kier alpha value is -3.62. The summed E-state index contributed by atoms with van der Waals surface area (Å²) in [5.41, 5.74) is 2.52. The maximum atomic E-state index is 12.7. The Labute approximate surface area is 187 Å². The van der Waals surface area contributed by atoms with Crippen LogP contribution in [0.15, 0.2) is 42.5 Å². The molecular formula is C23H28N4O5. The number of benzene rings is 2. The van der Waals surface area contributed by atoms with Gasteiger partial charge in [0.25, 0.3) is 11.6 Å². The molecule has 32 heavy (non-hydrogen) atoms. The summed E-state index contributed by atoms with van der Waals surface area (Å²) < 4.78 is 5.25. The van der Waals surface area contributed by atoms with Crippen molar-refractivity contribution in [3.63, 3.8) is 0 Å². The van der Waals surface area contributed by atoms with Gasteiger partial charge in [-0.25, -0.2) is 4.79 Å². The first-order valence-corrected chi connectivity index (χ1v) is 10.5. The van der Waals surface area contributed by atoms with E-state index in [9.17, 15) is 19.7 Å². The lowest BCUT2D eigenvalue weighted by Crippen LogP contribution is -2.31. The number of anilines is 2. The Morgan fingerprint density at radius 3 is 2.31 bits per heavy atom. The zero-order valence-electron chi connectivity index (χ0n) is 18.6. The lowest BCUT2D eigenvalue weighted by atomic mass is 10.1. The smallest absolute Gasteiger partial charge is 0.341 e. The van der Waals surface area contributed by atoms with E-state index in [0.717, 1.165) is 37.2 Å². The van der Waals surface area contributed by atoms with Crippen molar-refractivity contribution in [1.82, 2.24) is 4.90 Å². The van der Waals surface area contributed by atoms with Gasteiger partial charge in [-0.05, 0) is 36.6 Å². The highest BCUT2D eigenvalue weighted by molar-refractivity contribution is 5.97. The zero-order chi connectivity index (χ0) is 23.3. The number of ether oxygens (including phenoxy) is 1. The van der Waals surface area contributed by atoms with Crippen LogP contribution in [0.2, 0.25) is 0 Å². The molecule has 0 N–H and O–H groups in total. The number of hydrogen-bond acceptors (Lipinski definition) is 7. The molecule has 1 aliphatic rings. The SMILES string of the molecule is CN(Cc1ccc(N(C)C)cc1)C(=O)COC(=O)c1cc([N+](=O)[O-])ccc1N1CCCC1. The molecule has 0 aromatic heterocycles. The topological polar surface area (TPSA) is 96.2 Å². The van der Waals surface area contributed by atoms with Gasteiger partial charge in [0.15, 0.2) is 6.61 Å². The van der Waals surface area contributed by atoms with Crippen LogP contribution in [0.25, 0.3) is 0 Å². The first kappa shape index (κ1) is 23.1. The van der Waals surface area contributed by atoms with Gasteiger partial charge in [0, 0.05) is 58.6 Å². The number of non-ortho nitro benzene ring substituents is 1. The van der Waals surface area contributed by atoms with E-state index >= 15 is 0 Å². The predicted octanol–water partition coefficient (Wildman–Crippen LogP) is 3.08. The summed E-state index contributed by atoms with van der Waals surface area (Å²) >= 11 is 0.